The van der Waals surface area contributed by atoms with Crippen LogP contribution < -0.4 is 10.5 Å². The van der Waals surface area contributed by atoms with Crippen LogP contribution in [-0.2, 0) is 7.05 Å². The number of benzene rings is 1. The van der Waals surface area contributed by atoms with E-state index in [1.807, 2.05) is 6.92 Å². The molecule has 0 amide bonds. The van der Waals surface area contributed by atoms with E-state index in [4.69, 9.17) is 10.5 Å². The normalized spacial score (nSPS) is 10.3. The van der Waals surface area contributed by atoms with Gasteiger partial charge in [0.2, 0.25) is 0 Å². The van der Waals surface area contributed by atoms with E-state index in [-0.39, 0.29) is 5.78 Å². The Kier molecular flexibility index (Phi) is 3.32. The zero-order valence-corrected chi connectivity index (χ0v) is 10.4. The molecule has 0 aliphatic rings. The number of ether oxygens (including phenoxy) is 1. The molecule has 1 aromatic heterocycles. The van der Waals surface area contributed by atoms with Crippen LogP contribution in [0.25, 0.3) is 0 Å². The Morgan fingerprint density at radius 2 is 2.06 bits per heavy atom. The third-order valence-corrected chi connectivity index (χ3v) is 2.66. The molecule has 0 spiro atoms. The molecule has 0 saturated heterocycles. The Morgan fingerprint density at radius 1 is 1.39 bits per heavy atom. The molecule has 94 valence electrons. The minimum absolute atomic E-state index is 0.136. The molecule has 0 saturated carbocycles. The van der Waals surface area contributed by atoms with Crippen LogP contribution in [0.2, 0.25) is 0 Å². The van der Waals surface area contributed by atoms with E-state index < -0.39 is 0 Å². The van der Waals surface area contributed by atoms with E-state index in [2.05, 4.69) is 5.10 Å². The van der Waals surface area contributed by atoms with Crippen LogP contribution in [0, 0.1) is 0 Å². The number of carbonyl (C=O) groups is 1. The lowest BCUT2D eigenvalue weighted by atomic mass is 10.1. The van der Waals surface area contributed by atoms with Crippen molar-refractivity contribution in [3.63, 3.8) is 0 Å². The number of nitrogen functional groups attached to an aromatic ring is 1. The maximum Gasteiger partial charge on any atom is 0.198 e. The Morgan fingerprint density at radius 3 is 2.56 bits per heavy atom. The average molecular weight is 245 g/mol. The molecule has 5 nitrogen and oxygen atoms in total. The molecule has 0 unspecified atom stereocenters. The molecule has 5 heteroatoms. The maximum absolute atomic E-state index is 12.2. The Bertz CT molecular complexity index is 558. The molecule has 0 atom stereocenters. The van der Waals surface area contributed by atoms with Crippen molar-refractivity contribution in [2.45, 2.75) is 6.92 Å². The second kappa shape index (κ2) is 4.91. The van der Waals surface area contributed by atoms with Gasteiger partial charge in [-0.15, -0.1) is 0 Å². The van der Waals surface area contributed by atoms with Crippen molar-refractivity contribution in [1.29, 1.82) is 0 Å². The van der Waals surface area contributed by atoms with E-state index in [9.17, 15) is 4.79 Å². The number of nitrogens with two attached hydrogens (primary N) is 1. The van der Waals surface area contributed by atoms with Gasteiger partial charge in [0, 0.05) is 12.6 Å². The lowest BCUT2D eigenvalue weighted by Gasteiger charge is -2.04. The smallest absolute Gasteiger partial charge is 0.198 e. The predicted octanol–water partition coefficient (Wildman–Crippen LogP) is 1.63. The molecule has 1 aromatic carbocycles. The van der Waals surface area contributed by atoms with Crippen molar-refractivity contribution in [3.05, 3.63) is 41.6 Å². The number of aryl methyl sites for hydroxylation is 1. The quantitative estimate of drug-likeness (QED) is 0.831. The van der Waals surface area contributed by atoms with Gasteiger partial charge in [-0.1, -0.05) is 0 Å². The van der Waals surface area contributed by atoms with E-state index in [1.54, 1.807) is 31.3 Å². The Hall–Kier alpha value is -2.30. The topological polar surface area (TPSA) is 70.1 Å². The van der Waals surface area contributed by atoms with Crippen LogP contribution in [0.5, 0.6) is 5.75 Å². The van der Waals surface area contributed by atoms with Crippen molar-refractivity contribution in [2.75, 3.05) is 12.3 Å². The third kappa shape index (κ3) is 2.20. The molecular weight excluding hydrogens is 230 g/mol. The first-order valence-electron chi connectivity index (χ1n) is 5.68. The summed E-state index contributed by atoms with van der Waals surface area (Å²) in [6, 6.07) is 6.98. The average Bonchev–Trinajstić information content (AvgIpc) is 2.71. The summed E-state index contributed by atoms with van der Waals surface area (Å²) in [7, 11) is 1.70. The second-order valence-corrected chi connectivity index (χ2v) is 3.85. The zero-order valence-electron chi connectivity index (χ0n) is 10.4. The number of hydrogen-bond acceptors (Lipinski definition) is 4. The standard InChI is InChI=1S/C13H15N3O2/c1-3-18-10-6-4-9(5-7-10)12(17)11-8-15-16(2)13(11)14/h4-8H,3,14H2,1-2H3. The van der Waals surface area contributed by atoms with E-state index >= 15 is 0 Å². The molecule has 0 fully saturated rings. The molecule has 0 bridgehead atoms. The van der Waals surface area contributed by atoms with Crippen LogP contribution in [0.3, 0.4) is 0 Å². The van der Waals surface area contributed by atoms with Crippen molar-refractivity contribution in [2.24, 2.45) is 7.05 Å². The zero-order chi connectivity index (χ0) is 13.1. The fraction of sp³-hybridized carbons (Fsp3) is 0.231. The molecule has 0 aliphatic carbocycles. The molecular formula is C13H15N3O2. The molecule has 1 heterocycles. The molecule has 2 aromatic rings. The number of ketones is 1. The molecule has 2 N–H and O–H groups in total. The van der Waals surface area contributed by atoms with Crippen LogP contribution in [0.4, 0.5) is 5.82 Å². The summed E-state index contributed by atoms with van der Waals surface area (Å²) in [6.07, 6.45) is 1.48. The van der Waals surface area contributed by atoms with Gasteiger partial charge in [0.25, 0.3) is 0 Å². The summed E-state index contributed by atoms with van der Waals surface area (Å²) in [6.45, 7) is 2.51. The van der Waals surface area contributed by atoms with Gasteiger partial charge in [-0.2, -0.15) is 5.10 Å². The van der Waals surface area contributed by atoms with Gasteiger partial charge in [-0.25, -0.2) is 0 Å². The predicted molar refractivity (Wildman–Crippen MR) is 68.7 cm³/mol. The summed E-state index contributed by atoms with van der Waals surface area (Å²) < 4.78 is 6.80. The molecule has 0 radical (unpaired) electrons. The largest absolute Gasteiger partial charge is 0.494 e. The van der Waals surface area contributed by atoms with Gasteiger partial charge in [-0.05, 0) is 31.2 Å². The van der Waals surface area contributed by atoms with Gasteiger partial charge in [0.1, 0.15) is 11.6 Å². The number of aromatic nitrogens is 2. The second-order valence-electron chi connectivity index (χ2n) is 3.85. The highest BCUT2D eigenvalue weighted by Gasteiger charge is 2.15. The van der Waals surface area contributed by atoms with Crippen molar-refractivity contribution in [3.8, 4) is 5.75 Å². The maximum atomic E-state index is 12.2. The first-order chi connectivity index (χ1) is 8.63. The summed E-state index contributed by atoms with van der Waals surface area (Å²) >= 11 is 0. The molecule has 18 heavy (non-hydrogen) atoms. The fourth-order valence-electron chi connectivity index (χ4n) is 1.65. The lowest BCUT2D eigenvalue weighted by Crippen LogP contribution is -2.06. The highest BCUT2D eigenvalue weighted by molar-refractivity contribution is 6.11. The number of nitrogens with zero attached hydrogens (tertiary/aromatic N) is 2. The van der Waals surface area contributed by atoms with E-state index in [0.29, 0.717) is 23.6 Å². The number of carbonyl (C=O) groups excluding carboxylic acids is 1. The van der Waals surface area contributed by atoms with E-state index in [1.165, 1.54) is 10.9 Å². The lowest BCUT2D eigenvalue weighted by molar-refractivity contribution is 0.103. The minimum atomic E-state index is -0.136. The molecule has 2 rings (SSSR count). The minimum Gasteiger partial charge on any atom is -0.494 e. The highest BCUT2D eigenvalue weighted by Crippen LogP contribution is 2.18. The number of rotatable bonds is 4. The molecule has 0 aliphatic heterocycles. The van der Waals surface area contributed by atoms with Crippen LogP contribution >= 0.6 is 0 Å². The van der Waals surface area contributed by atoms with Crippen LogP contribution in [-0.4, -0.2) is 22.2 Å². The van der Waals surface area contributed by atoms with Gasteiger partial charge >= 0.3 is 0 Å². The third-order valence-electron chi connectivity index (χ3n) is 2.66. The highest BCUT2D eigenvalue weighted by atomic mass is 16.5. The summed E-state index contributed by atoms with van der Waals surface area (Å²) in [5.74, 6) is 0.978. The van der Waals surface area contributed by atoms with E-state index in [0.717, 1.165) is 5.75 Å². The van der Waals surface area contributed by atoms with Gasteiger partial charge in [-0.3, -0.25) is 9.48 Å². The van der Waals surface area contributed by atoms with Gasteiger partial charge in [0.15, 0.2) is 5.78 Å². The number of anilines is 1. The fourth-order valence-corrected chi connectivity index (χ4v) is 1.65. The van der Waals surface area contributed by atoms with Gasteiger partial charge < -0.3 is 10.5 Å². The monoisotopic (exact) mass is 245 g/mol. The summed E-state index contributed by atoms with van der Waals surface area (Å²) in [5.41, 5.74) is 6.76. The Balaban J connectivity index is 2.26. The SMILES string of the molecule is CCOc1ccc(C(=O)c2cnn(C)c2N)cc1. The van der Waals surface area contributed by atoms with Crippen molar-refractivity contribution < 1.29 is 9.53 Å². The number of hydrogen-bond donors (Lipinski definition) is 1. The van der Waals surface area contributed by atoms with Crippen LogP contribution in [0.1, 0.15) is 22.8 Å². The first kappa shape index (κ1) is 12.2. The first-order valence-corrected chi connectivity index (χ1v) is 5.68. The van der Waals surface area contributed by atoms with Crippen LogP contribution in [0.15, 0.2) is 30.5 Å². The van der Waals surface area contributed by atoms with Gasteiger partial charge in [0.05, 0.1) is 18.4 Å². The van der Waals surface area contributed by atoms with Crippen molar-refractivity contribution in [1.82, 2.24) is 9.78 Å². The van der Waals surface area contributed by atoms with Crippen molar-refractivity contribution >= 4 is 11.6 Å². The summed E-state index contributed by atoms with van der Waals surface area (Å²) in [5, 5.41) is 3.96. The summed E-state index contributed by atoms with van der Waals surface area (Å²) in [4.78, 5) is 12.2. The Labute approximate surface area is 105 Å².